The van der Waals surface area contributed by atoms with Crippen molar-refractivity contribution in [2.45, 2.75) is 53.9 Å². The highest BCUT2D eigenvalue weighted by Crippen LogP contribution is 1.85. The van der Waals surface area contributed by atoms with Crippen LogP contribution in [0.4, 0.5) is 0 Å². The monoisotopic (exact) mass is 188 g/mol. The zero-order valence-corrected chi connectivity index (χ0v) is 10.3. The molecule has 0 saturated heterocycles. The predicted octanol–water partition coefficient (Wildman–Crippen LogP) is 3.47. The van der Waals surface area contributed by atoms with E-state index in [-0.39, 0.29) is 0 Å². The Bertz CT molecular complexity index is 78.2. The van der Waals surface area contributed by atoms with E-state index < -0.39 is 0 Å². The van der Waals surface area contributed by atoms with Gasteiger partial charge in [-0.1, -0.05) is 34.1 Å². The normalized spacial score (nSPS) is 7.54. The van der Waals surface area contributed by atoms with E-state index in [4.69, 9.17) is 5.41 Å². The molecule has 0 aromatic carbocycles. The van der Waals surface area contributed by atoms with Gasteiger partial charge in [-0.2, -0.15) is 0 Å². The summed E-state index contributed by atoms with van der Waals surface area (Å²) in [6, 6.07) is 0. The van der Waals surface area contributed by atoms with E-state index in [2.05, 4.69) is 19.2 Å². The van der Waals surface area contributed by atoms with Gasteiger partial charge in [0.25, 0.3) is 0 Å². The summed E-state index contributed by atoms with van der Waals surface area (Å²) in [7, 11) is 1.96. The first-order valence-electron chi connectivity index (χ1n) is 5.37. The Kier molecular flexibility index (Phi) is 32.0. The average Bonchev–Trinajstić information content (AvgIpc) is 2.10. The lowest BCUT2D eigenvalue weighted by molar-refractivity contribution is 0.772. The minimum atomic E-state index is 0.789. The maximum absolute atomic E-state index is 6.89. The lowest BCUT2D eigenvalue weighted by Crippen LogP contribution is -2.04. The van der Waals surface area contributed by atoms with Gasteiger partial charge in [0, 0.05) is 5.71 Å². The van der Waals surface area contributed by atoms with Gasteiger partial charge in [0.15, 0.2) is 0 Å². The van der Waals surface area contributed by atoms with Crippen LogP contribution in [0.1, 0.15) is 53.9 Å². The Morgan fingerprint density at radius 1 is 1.15 bits per heavy atom. The summed E-state index contributed by atoms with van der Waals surface area (Å²) in [5.74, 6) is 0. The van der Waals surface area contributed by atoms with E-state index >= 15 is 0 Å². The van der Waals surface area contributed by atoms with Crippen molar-refractivity contribution in [3.63, 3.8) is 0 Å². The van der Waals surface area contributed by atoms with Crippen LogP contribution in [0.25, 0.3) is 0 Å². The lowest BCUT2D eigenvalue weighted by Gasteiger charge is -1.85. The van der Waals surface area contributed by atoms with Gasteiger partial charge in [-0.3, -0.25) is 0 Å². The summed E-state index contributed by atoms with van der Waals surface area (Å²) in [4.78, 5) is 0. The van der Waals surface area contributed by atoms with Crippen LogP contribution in [-0.2, 0) is 0 Å². The molecule has 13 heavy (non-hydrogen) atoms. The van der Waals surface area contributed by atoms with Crippen LogP contribution in [0.5, 0.6) is 0 Å². The van der Waals surface area contributed by atoms with Gasteiger partial charge >= 0.3 is 0 Å². The molecule has 2 nitrogen and oxygen atoms in total. The number of nitrogens with one attached hydrogen (secondary N) is 2. The lowest BCUT2D eigenvalue weighted by atomic mass is 10.2. The minimum Gasteiger partial charge on any atom is -0.320 e. The molecule has 0 aliphatic carbocycles. The molecule has 0 spiro atoms. The molecule has 0 heterocycles. The van der Waals surface area contributed by atoms with Gasteiger partial charge in [0.1, 0.15) is 0 Å². The highest BCUT2D eigenvalue weighted by atomic mass is 14.8. The largest absolute Gasteiger partial charge is 0.320 e. The predicted molar refractivity (Wildman–Crippen MR) is 63.9 cm³/mol. The van der Waals surface area contributed by atoms with Crippen LogP contribution in [0.3, 0.4) is 0 Å². The Morgan fingerprint density at radius 2 is 1.62 bits per heavy atom. The fraction of sp³-hybridized carbons (Fsp3) is 0.909. The van der Waals surface area contributed by atoms with Crippen molar-refractivity contribution in [3.05, 3.63) is 0 Å². The van der Waals surface area contributed by atoms with Crippen molar-refractivity contribution in [2.75, 3.05) is 13.6 Å². The molecule has 0 saturated carbocycles. The quantitative estimate of drug-likeness (QED) is 0.651. The average molecular weight is 188 g/mol. The third-order valence-electron chi connectivity index (χ3n) is 1.12. The van der Waals surface area contributed by atoms with Crippen molar-refractivity contribution in [3.8, 4) is 0 Å². The molecule has 0 rings (SSSR count). The van der Waals surface area contributed by atoms with E-state index in [1.54, 1.807) is 0 Å². The third-order valence-corrected chi connectivity index (χ3v) is 1.12. The molecule has 0 fully saturated rings. The van der Waals surface area contributed by atoms with Crippen LogP contribution < -0.4 is 5.32 Å². The first kappa shape index (κ1) is 18.4. The SMILES string of the molecule is CC.CCCC(C)=N.CCCNC. The highest BCUT2D eigenvalue weighted by Gasteiger charge is 1.78. The van der Waals surface area contributed by atoms with Crippen LogP contribution in [0.15, 0.2) is 0 Å². The van der Waals surface area contributed by atoms with Gasteiger partial charge in [-0.25, -0.2) is 0 Å². The summed E-state index contributed by atoms with van der Waals surface area (Å²) >= 11 is 0. The molecule has 0 radical (unpaired) electrons. The van der Waals surface area contributed by atoms with Crippen LogP contribution in [0, 0.1) is 5.41 Å². The standard InChI is InChI=1S/C5H11N.C4H11N.C2H6/c1-3-4-5(2)6;1-3-4-5-2;1-2/h6H,3-4H2,1-2H3;5H,3-4H2,1-2H3;1-2H3. The Hall–Kier alpha value is -0.370. The van der Waals surface area contributed by atoms with E-state index in [0.717, 1.165) is 25.1 Å². The topological polar surface area (TPSA) is 35.9 Å². The smallest absolute Gasteiger partial charge is 0.00581 e. The summed E-state index contributed by atoms with van der Waals surface area (Å²) in [5, 5.41) is 9.91. The van der Waals surface area contributed by atoms with E-state index in [0.29, 0.717) is 0 Å². The number of rotatable bonds is 4. The van der Waals surface area contributed by atoms with Crippen molar-refractivity contribution in [1.82, 2.24) is 5.32 Å². The summed E-state index contributed by atoms with van der Waals surface area (Å²) in [5.41, 5.74) is 0.789. The minimum absolute atomic E-state index is 0.789. The van der Waals surface area contributed by atoms with E-state index in [1.807, 2.05) is 27.8 Å². The molecular formula is C11H28N2. The Labute approximate surface area is 84.6 Å². The van der Waals surface area contributed by atoms with Crippen molar-refractivity contribution < 1.29 is 0 Å². The second-order valence-electron chi connectivity index (χ2n) is 2.63. The fourth-order valence-corrected chi connectivity index (χ4v) is 0.625. The fourth-order valence-electron chi connectivity index (χ4n) is 0.625. The van der Waals surface area contributed by atoms with Crippen LogP contribution in [-0.4, -0.2) is 19.3 Å². The molecular weight excluding hydrogens is 160 g/mol. The van der Waals surface area contributed by atoms with Gasteiger partial charge in [-0.05, 0) is 33.4 Å². The number of hydrogen-bond acceptors (Lipinski definition) is 2. The first-order chi connectivity index (χ1) is 6.18. The number of hydrogen-bond donors (Lipinski definition) is 2. The highest BCUT2D eigenvalue weighted by molar-refractivity contribution is 5.78. The molecule has 82 valence electrons. The molecule has 2 N–H and O–H groups in total. The molecule has 0 aromatic heterocycles. The molecule has 0 aliphatic rings. The maximum Gasteiger partial charge on any atom is 0.00581 e. The Balaban J connectivity index is -0.000000131. The van der Waals surface area contributed by atoms with Gasteiger partial charge < -0.3 is 10.7 Å². The summed E-state index contributed by atoms with van der Waals surface area (Å²) in [6.07, 6.45) is 3.30. The molecule has 0 aliphatic heterocycles. The van der Waals surface area contributed by atoms with Gasteiger partial charge in [-0.15, -0.1) is 0 Å². The van der Waals surface area contributed by atoms with Gasteiger partial charge in [0.2, 0.25) is 0 Å². The van der Waals surface area contributed by atoms with Crippen molar-refractivity contribution >= 4 is 5.71 Å². The second-order valence-corrected chi connectivity index (χ2v) is 2.63. The summed E-state index contributed by atoms with van der Waals surface area (Å²) < 4.78 is 0. The van der Waals surface area contributed by atoms with Crippen molar-refractivity contribution in [2.24, 2.45) is 0 Å². The molecule has 0 aromatic rings. The maximum atomic E-state index is 6.89. The zero-order chi connectivity index (χ0) is 11.1. The zero-order valence-electron chi connectivity index (χ0n) is 10.3. The third kappa shape index (κ3) is 50.3. The molecule has 0 atom stereocenters. The van der Waals surface area contributed by atoms with Gasteiger partial charge in [0.05, 0.1) is 0 Å². The van der Waals surface area contributed by atoms with E-state index in [9.17, 15) is 0 Å². The van der Waals surface area contributed by atoms with Crippen LogP contribution >= 0.6 is 0 Å². The van der Waals surface area contributed by atoms with Crippen LogP contribution in [0.2, 0.25) is 0 Å². The summed E-state index contributed by atoms with van der Waals surface area (Å²) in [6.45, 7) is 11.2. The molecule has 0 unspecified atom stereocenters. The molecule has 0 amide bonds. The molecule has 2 heteroatoms. The molecule has 0 bridgehead atoms. The Morgan fingerprint density at radius 3 is 1.62 bits per heavy atom. The second kappa shape index (κ2) is 22.6. The van der Waals surface area contributed by atoms with Crippen molar-refractivity contribution in [1.29, 1.82) is 5.41 Å². The van der Waals surface area contributed by atoms with E-state index in [1.165, 1.54) is 6.42 Å². The first-order valence-corrected chi connectivity index (χ1v) is 5.37.